The van der Waals surface area contributed by atoms with Crippen LogP contribution in [0.2, 0.25) is 18.1 Å². The molecule has 2 aromatic rings. The van der Waals surface area contributed by atoms with Gasteiger partial charge in [0, 0.05) is 5.02 Å². The van der Waals surface area contributed by atoms with Crippen LogP contribution < -0.4 is 5.19 Å². The van der Waals surface area contributed by atoms with E-state index in [1.165, 1.54) is 5.19 Å². The first-order valence-electron chi connectivity index (χ1n) is 6.94. The van der Waals surface area contributed by atoms with Gasteiger partial charge in [-0.25, -0.2) is 0 Å². The van der Waals surface area contributed by atoms with Crippen LogP contribution in [-0.4, -0.2) is 19.1 Å². The van der Waals surface area contributed by atoms with Crippen LogP contribution in [0.4, 0.5) is 0 Å². The Kier molecular flexibility index (Phi) is 4.86. The molecular formula is C17H19ClO2Si. The van der Waals surface area contributed by atoms with E-state index in [0.717, 1.165) is 5.56 Å². The van der Waals surface area contributed by atoms with Crippen LogP contribution >= 0.6 is 11.6 Å². The fourth-order valence-electron chi connectivity index (χ4n) is 2.73. The molecule has 0 aromatic heterocycles. The Balaban J connectivity index is 2.44. The predicted octanol–water partition coefficient (Wildman–Crippen LogP) is 4.05. The van der Waals surface area contributed by atoms with Crippen molar-refractivity contribution in [1.29, 1.82) is 0 Å². The molecule has 0 amide bonds. The first-order valence-corrected chi connectivity index (χ1v) is 10.4. The van der Waals surface area contributed by atoms with Crippen LogP contribution in [-0.2, 0) is 4.79 Å². The van der Waals surface area contributed by atoms with Crippen molar-refractivity contribution < 1.29 is 9.90 Å². The highest BCUT2D eigenvalue weighted by Gasteiger charge is 2.36. The Morgan fingerprint density at radius 2 is 1.67 bits per heavy atom. The van der Waals surface area contributed by atoms with Gasteiger partial charge in [0.05, 0.1) is 14.5 Å². The Labute approximate surface area is 131 Å². The van der Waals surface area contributed by atoms with Crippen molar-refractivity contribution in [3.8, 4) is 0 Å². The lowest BCUT2D eigenvalue weighted by atomic mass is 10.1. The van der Waals surface area contributed by atoms with Gasteiger partial charge in [-0.2, -0.15) is 0 Å². The van der Waals surface area contributed by atoms with E-state index in [4.69, 9.17) is 11.6 Å². The van der Waals surface area contributed by atoms with Crippen molar-refractivity contribution in [2.24, 2.45) is 0 Å². The third kappa shape index (κ3) is 3.74. The van der Waals surface area contributed by atoms with Crippen molar-refractivity contribution in [2.45, 2.75) is 25.1 Å². The second kappa shape index (κ2) is 6.46. The molecule has 21 heavy (non-hydrogen) atoms. The van der Waals surface area contributed by atoms with Gasteiger partial charge < -0.3 is 5.11 Å². The number of carboxylic acid groups (broad SMARTS) is 1. The number of aliphatic carboxylic acids is 1. The largest absolute Gasteiger partial charge is 0.481 e. The van der Waals surface area contributed by atoms with E-state index in [2.05, 4.69) is 25.2 Å². The molecule has 2 aromatic carbocycles. The quantitative estimate of drug-likeness (QED) is 0.844. The van der Waals surface area contributed by atoms with Crippen molar-refractivity contribution in [2.75, 3.05) is 0 Å². The number of halogens is 1. The van der Waals surface area contributed by atoms with E-state index in [0.29, 0.717) is 5.02 Å². The SMILES string of the molecule is C[Si](C)(c1ccccc1)[C@H](CC(=O)O)c1ccc(Cl)cc1. The highest BCUT2D eigenvalue weighted by molar-refractivity contribution is 6.91. The van der Waals surface area contributed by atoms with Crippen molar-refractivity contribution in [1.82, 2.24) is 0 Å². The molecule has 1 N–H and O–H groups in total. The molecule has 0 heterocycles. The van der Waals surface area contributed by atoms with Gasteiger partial charge in [-0.1, -0.05) is 72.3 Å². The maximum atomic E-state index is 11.3. The molecule has 0 aliphatic heterocycles. The Morgan fingerprint density at radius 1 is 1.10 bits per heavy atom. The number of hydrogen-bond acceptors (Lipinski definition) is 1. The van der Waals surface area contributed by atoms with E-state index in [1.54, 1.807) is 0 Å². The first kappa shape index (κ1) is 15.8. The van der Waals surface area contributed by atoms with Gasteiger partial charge in [0.25, 0.3) is 0 Å². The Morgan fingerprint density at radius 3 is 2.19 bits per heavy atom. The summed E-state index contributed by atoms with van der Waals surface area (Å²) in [5.74, 6) is -0.758. The second-order valence-corrected chi connectivity index (χ2v) is 10.9. The topological polar surface area (TPSA) is 37.3 Å². The smallest absolute Gasteiger partial charge is 0.303 e. The van der Waals surface area contributed by atoms with Crippen LogP contribution in [0.5, 0.6) is 0 Å². The van der Waals surface area contributed by atoms with E-state index >= 15 is 0 Å². The number of benzene rings is 2. The molecule has 0 saturated carbocycles. The monoisotopic (exact) mass is 318 g/mol. The van der Waals surface area contributed by atoms with Crippen LogP contribution in [0.3, 0.4) is 0 Å². The summed E-state index contributed by atoms with van der Waals surface area (Å²) in [4.78, 5) is 11.3. The van der Waals surface area contributed by atoms with Crippen LogP contribution in [0.15, 0.2) is 54.6 Å². The van der Waals surface area contributed by atoms with E-state index in [9.17, 15) is 9.90 Å². The van der Waals surface area contributed by atoms with Gasteiger partial charge in [-0.15, -0.1) is 0 Å². The Bertz CT molecular complexity index is 608. The highest BCUT2D eigenvalue weighted by atomic mass is 35.5. The van der Waals surface area contributed by atoms with Gasteiger partial charge in [0.15, 0.2) is 0 Å². The van der Waals surface area contributed by atoms with Gasteiger partial charge in [-0.3, -0.25) is 4.79 Å². The van der Waals surface area contributed by atoms with Crippen molar-refractivity contribution in [3.05, 3.63) is 65.2 Å². The molecule has 0 saturated heterocycles. The molecule has 0 unspecified atom stereocenters. The maximum Gasteiger partial charge on any atom is 0.303 e. The summed E-state index contributed by atoms with van der Waals surface area (Å²) in [7, 11) is -1.95. The molecule has 1 atom stereocenters. The average Bonchev–Trinajstić information content (AvgIpc) is 2.46. The summed E-state index contributed by atoms with van der Waals surface area (Å²) in [6.07, 6.45) is 0.149. The zero-order valence-electron chi connectivity index (χ0n) is 12.2. The number of carboxylic acids is 1. The van der Waals surface area contributed by atoms with Gasteiger partial charge in [0.1, 0.15) is 0 Å². The molecule has 0 fully saturated rings. The molecule has 0 aliphatic carbocycles. The summed E-state index contributed by atoms with van der Waals surface area (Å²) in [6.45, 7) is 4.45. The van der Waals surface area contributed by atoms with Gasteiger partial charge in [0.2, 0.25) is 0 Å². The number of rotatable bonds is 5. The summed E-state index contributed by atoms with van der Waals surface area (Å²) in [5.41, 5.74) is 1.08. The van der Waals surface area contributed by atoms with E-state index in [-0.39, 0.29) is 12.0 Å². The lowest BCUT2D eigenvalue weighted by molar-refractivity contribution is -0.137. The van der Waals surface area contributed by atoms with Crippen molar-refractivity contribution in [3.63, 3.8) is 0 Å². The minimum atomic E-state index is -1.95. The third-order valence-corrected chi connectivity index (χ3v) is 8.39. The van der Waals surface area contributed by atoms with Crippen LogP contribution in [0.25, 0.3) is 0 Å². The first-order chi connectivity index (χ1) is 9.91. The summed E-state index contributed by atoms with van der Waals surface area (Å²) >= 11 is 5.95. The molecule has 4 heteroatoms. The zero-order valence-corrected chi connectivity index (χ0v) is 14.0. The molecular weight excluding hydrogens is 300 g/mol. The van der Waals surface area contributed by atoms with Gasteiger partial charge in [-0.05, 0) is 23.2 Å². The maximum absolute atomic E-state index is 11.3. The Hall–Kier alpha value is -1.58. The lowest BCUT2D eigenvalue weighted by Crippen LogP contribution is -2.48. The normalized spacial score (nSPS) is 12.9. The number of hydrogen-bond donors (Lipinski definition) is 1. The molecule has 0 spiro atoms. The number of carbonyl (C=O) groups is 1. The highest BCUT2D eigenvalue weighted by Crippen LogP contribution is 2.31. The minimum absolute atomic E-state index is 0.0228. The molecule has 2 rings (SSSR count). The predicted molar refractivity (Wildman–Crippen MR) is 90.0 cm³/mol. The average molecular weight is 319 g/mol. The standard InChI is InChI=1S/C17H19ClO2Si/c1-21(2,15-6-4-3-5-7-15)16(12-17(19)20)13-8-10-14(18)11-9-13/h3-11,16H,12H2,1-2H3,(H,19,20)/t16-/m1/s1. The summed E-state index contributed by atoms with van der Waals surface area (Å²) in [6, 6.07) is 17.8. The van der Waals surface area contributed by atoms with E-state index in [1.807, 2.05) is 42.5 Å². The van der Waals surface area contributed by atoms with E-state index < -0.39 is 14.0 Å². The molecule has 110 valence electrons. The van der Waals surface area contributed by atoms with Crippen molar-refractivity contribution >= 4 is 30.8 Å². The summed E-state index contributed by atoms with van der Waals surface area (Å²) < 4.78 is 0. The second-order valence-electron chi connectivity index (χ2n) is 5.79. The van der Waals surface area contributed by atoms with Gasteiger partial charge >= 0.3 is 5.97 Å². The lowest BCUT2D eigenvalue weighted by Gasteiger charge is -2.32. The van der Waals surface area contributed by atoms with Crippen LogP contribution in [0, 0.1) is 0 Å². The third-order valence-electron chi connectivity index (χ3n) is 4.04. The molecule has 2 nitrogen and oxygen atoms in total. The fraction of sp³-hybridized carbons (Fsp3) is 0.235. The summed E-state index contributed by atoms with van der Waals surface area (Å²) in [5, 5.41) is 11.2. The molecule has 0 bridgehead atoms. The minimum Gasteiger partial charge on any atom is -0.481 e. The van der Waals surface area contributed by atoms with Crippen LogP contribution in [0.1, 0.15) is 17.5 Å². The fourth-order valence-corrected chi connectivity index (χ4v) is 6.02. The zero-order chi connectivity index (χ0) is 15.5. The molecule has 0 aliphatic rings. The molecule has 0 radical (unpaired) electrons.